The summed E-state index contributed by atoms with van der Waals surface area (Å²) in [6.45, 7) is 9.11. The summed E-state index contributed by atoms with van der Waals surface area (Å²) in [6, 6.07) is 33.9. The molecule has 5 aromatic carbocycles. The molecule has 0 fully saturated rings. The van der Waals surface area contributed by atoms with Gasteiger partial charge >= 0.3 is 0 Å². The first-order valence-electron chi connectivity index (χ1n) is 22.4. The van der Waals surface area contributed by atoms with Gasteiger partial charge in [0.1, 0.15) is 24.7 Å². The molecule has 2 atom stereocenters. The van der Waals surface area contributed by atoms with Crippen molar-refractivity contribution >= 4 is 40.6 Å². The van der Waals surface area contributed by atoms with Crippen LogP contribution in [0.15, 0.2) is 121 Å². The lowest BCUT2D eigenvalue weighted by molar-refractivity contribution is -0.118. The number of methoxy groups -OCH3 is 1. The zero-order valence-electron chi connectivity index (χ0n) is 37.4. The highest BCUT2D eigenvalue weighted by molar-refractivity contribution is 6.05. The van der Waals surface area contributed by atoms with E-state index in [1.165, 1.54) is 0 Å². The van der Waals surface area contributed by atoms with Crippen molar-refractivity contribution < 1.29 is 28.6 Å². The molecule has 0 saturated heterocycles. The van der Waals surface area contributed by atoms with Crippen molar-refractivity contribution in [1.29, 1.82) is 0 Å². The third kappa shape index (κ3) is 9.16. The number of hydrogen-bond donors (Lipinski definition) is 0. The van der Waals surface area contributed by atoms with Crippen LogP contribution in [0.1, 0.15) is 113 Å². The highest BCUT2D eigenvalue weighted by atomic mass is 16.5. The number of fused-ring (bicyclic) bond motifs is 4. The predicted molar refractivity (Wildman–Crippen MR) is 251 cm³/mol. The lowest BCUT2D eigenvalue weighted by atomic mass is 9.88. The summed E-state index contributed by atoms with van der Waals surface area (Å²) >= 11 is 0. The van der Waals surface area contributed by atoms with Gasteiger partial charge in [-0.05, 0) is 112 Å². The molecule has 2 amide bonds. The van der Waals surface area contributed by atoms with E-state index in [-0.39, 0.29) is 41.7 Å². The maximum Gasteiger partial charge on any atom is 0.260 e. The molecule has 64 heavy (non-hydrogen) atoms. The Hall–Kier alpha value is -6.74. The molecule has 4 heterocycles. The average molecular weight is 854 g/mol. The minimum Gasteiger partial charge on any atom is -0.493 e. The van der Waals surface area contributed by atoms with Gasteiger partial charge in [0.2, 0.25) is 0 Å². The zero-order chi connectivity index (χ0) is 44.5. The Morgan fingerprint density at radius 3 is 2.14 bits per heavy atom. The second kappa shape index (κ2) is 17.8. The zero-order valence-corrected chi connectivity index (χ0v) is 37.4. The van der Waals surface area contributed by atoms with Crippen LogP contribution in [0, 0.1) is 12.3 Å². The van der Waals surface area contributed by atoms with E-state index in [9.17, 15) is 14.4 Å². The topological polar surface area (TPSA) is 97.7 Å². The van der Waals surface area contributed by atoms with Gasteiger partial charge < -0.3 is 24.0 Å². The quantitative estimate of drug-likeness (QED) is 0.117. The van der Waals surface area contributed by atoms with Gasteiger partial charge in [-0.3, -0.25) is 19.4 Å². The summed E-state index contributed by atoms with van der Waals surface area (Å²) in [7, 11) is 1.57. The third-order valence-electron chi connectivity index (χ3n) is 12.8. The van der Waals surface area contributed by atoms with Crippen LogP contribution in [0.5, 0.6) is 17.2 Å². The van der Waals surface area contributed by atoms with Crippen LogP contribution in [-0.2, 0) is 30.8 Å². The van der Waals surface area contributed by atoms with E-state index in [1.807, 2.05) is 79.0 Å². The van der Waals surface area contributed by atoms with E-state index in [1.54, 1.807) is 24.1 Å². The van der Waals surface area contributed by atoms with Gasteiger partial charge in [-0.1, -0.05) is 93.6 Å². The summed E-state index contributed by atoms with van der Waals surface area (Å²) in [4.78, 5) is 48.9. The van der Waals surface area contributed by atoms with Crippen LogP contribution in [0.4, 0.5) is 5.69 Å². The Kier molecular flexibility index (Phi) is 11.8. The SMILES string of the molecule is COc1cc2c(cc1OCc1cccc(COc3cc4c(cc3C)C(=O)N3C=C(c5ccc(CC(=O)CCC(C)(C)C)cc5)C[C@H]3CC4)c1)N=C[C@@H]1CC(c3ccccc3)=CN1C2=O. The second-order valence-corrected chi connectivity index (χ2v) is 18.7. The largest absolute Gasteiger partial charge is 0.493 e. The fourth-order valence-electron chi connectivity index (χ4n) is 9.11. The Balaban J connectivity index is 0.824. The summed E-state index contributed by atoms with van der Waals surface area (Å²) < 4.78 is 18.5. The average Bonchev–Trinajstić information content (AvgIpc) is 3.88. The van der Waals surface area contributed by atoms with Crippen LogP contribution in [-0.4, -0.2) is 52.8 Å². The molecule has 4 aliphatic rings. The number of amides is 2. The molecule has 0 radical (unpaired) electrons. The molecule has 9 nitrogen and oxygen atoms in total. The number of nitrogens with zero attached hydrogens (tertiary/aromatic N) is 3. The molecule has 326 valence electrons. The number of aliphatic imine (C=N–C) groups is 1. The first-order chi connectivity index (χ1) is 30.9. The van der Waals surface area contributed by atoms with E-state index in [4.69, 9.17) is 19.2 Å². The van der Waals surface area contributed by atoms with Crippen molar-refractivity contribution in [2.24, 2.45) is 10.4 Å². The van der Waals surface area contributed by atoms with Gasteiger partial charge in [0.05, 0.1) is 24.4 Å². The molecule has 0 aromatic heterocycles. The van der Waals surface area contributed by atoms with E-state index in [0.29, 0.717) is 48.6 Å². The van der Waals surface area contributed by atoms with Crippen LogP contribution < -0.4 is 14.2 Å². The van der Waals surface area contributed by atoms with E-state index in [0.717, 1.165) is 87.1 Å². The number of aryl methyl sites for hydroxylation is 2. The first-order valence-corrected chi connectivity index (χ1v) is 22.4. The summed E-state index contributed by atoms with van der Waals surface area (Å²) in [5, 5.41) is 0. The molecule has 0 N–H and O–H groups in total. The molecule has 9 rings (SSSR count). The lowest BCUT2D eigenvalue weighted by Gasteiger charge is -2.20. The number of benzene rings is 5. The Labute approximate surface area is 376 Å². The van der Waals surface area contributed by atoms with Crippen molar-refractivity contribution in [1.82, 2.24) is 9.80 Å². The Morgan fingerprint density at radius 2 is 1.41 bits per heavy atom. The van der Waals surface area contributed by atoms with Crippen LogP contribution in [0.3, 0.4) is 0 Å². The number of rotatable bonds is 13. The smallest absolute Gasteiger partial charge is 0.260 e. The number of ketones is 1. The number of Topliss-reactive ketones (excluding diaryl/α,β-unsaturated/α-hetero) is 1. The molecule has 0 bridgehead atoms. The molecule has 9 heteroatoms. The first kappa shape index (κ1) is 42.6. The molecular formula is C55H55N3O6. The molecule has 0 saturated carbocycles. The van der Waals surface area contributed by atoms with E-state index < -0.39 is 0 Å². The summed E-state index contributed by atoms with van der Waals surface area (Å²) in [5.41, 5.74) is 11.2. The van der Waals surface area contributed by atoms with Gasteiger partial charge in [0, 0.05) is 55.5 Å². The van der Waals surface area contributed by atoms with Crippen LogP contribution >= 0.6 is 0 Å². The minimum atomic E-state index is -0.166. The maximum atomic E-state index is 14.0. The third-order valence-corrected chi connectivity index (χ3v) is 12.8. The molecular weight excluding hydrogens is 799 g/mol. The van der Waals surface area contributed by atoms with Gasteiger partial charge in [0.15, 0.2) is 11.5 Å². The monoisotopic (exact) mass is 853 g/mol. The molecule has 5 aromatic rings. The van der Waals surface area contributed by atoms with Crippen molar-refractivity contribution in [2.75, 3.05) is 7.11 Å². The fourth-order valence-corrected chi connectivity index (χ4v) is 9.11. The lowest BCUT2D eigenvalue weighted by Crippen LogP contribution is -2.32. The molecule has 0 aliphatic carbocycles. The van der Waals surface area contributed by atoms with Crippen LogP contribution in [0.25, 0.3) is 11.1 Å². The molecule has 4 aliphatic heterocycles. The Morgan fingerprint density at radius 1 is 0.719 bits per heavy atom. The fraction of sp³-hybridized carbons (Fsp3) is 0.309. The van der Waals surface area contributed by atoms with E-state index >= 15 is 0 Å². The summed E-state index contributed by atoms with van der Waals surface area (Å²) in [5.74, 6) is 1.90. The van der Waals surface area contributed by atoms with Gasteiger partial charge in [-0.2, -0.15) is 0 Å². The predicted octanol–water partition coefficient (Wildman–Crippen LogP) is 11.3. The van der Waals surface area contributed by atoms with Crippen molar-refractivity contribution in [3.8, 4) is 17.2 Å². The van der Waals surface area contributed by atoms with Gasteiger partial charge in [-0.15, -0.1) is 0 Å². The van der Waals surface area contributed by atoms with Crippen molar-refractivity contribution in [2.45, 2.75) is 97.9 Å². The second-order valence-electron chi connectivity index (χ2n) is 18.7. The maximum absolute atomic E-state index is 14.0. The van der Waals surface area contributed by atoms with Gasteiger partial charge in [0.25, 0.3) is 11.8 Å². The van der Waals surface area contributed by atoms with Gasteiger partial charge in [-0.25, -0.2) is 0 Å². The molecule has 0 spiro atoms. The number of carbonyl (C=O) groups is 3. The number of hydrogen-bond acceptors (Lipinski definition) is 7. The van der Waals surface area contributed by atoms with Crippen molar-refractivity contribution in [3.63, 3.8) is 0 Å². The molecule has 0 unspecified atom stereocenters. The highest BCUT2D eigenvalue weighted by Gasteiger charge is 2.35. The standard InChI is InChI=1S/C55H55N3O6/c1-35-22-47-41(18-19-44-25-42(31-57(44)53(47)60)40-16-14-36(15-17-40)24-46(59)20-21-55(2,3)4)27-50(35)63-33-37-10-9-11-38(23-37)34-64-52-29-49-48(28-51(52)62-5)54(61)58-32-43(26-45(58)30-56-49)39-12-7-6-8-13-39/h6-17,22-23,27-32,44-45H,18-21,24-26,33-34H2,1-5H3/t44-,45+/m1/s1. The summed E-state index contributed by atoms with van der Waals surface area (Å²) in [6.07, 6.45) is 10.9. The number of carbonyl (C=O) groups excluding carboxylic acids is 3. The van der Waals surface area contributed by atoms with Crippen LogP contribution in [0.2, 0.25) is 0 Å². The Bertz CT molecular complexity index is 2710. The van der Waals surface area contributed by atoms with Crippen molar-refractivity contribution in [3.05, 3.63) is 166 Å². The number of ether oxygens (including phenoxy) is 3. The highest BCUT2D eigenvalue weighted by Crippen LogP contribution is 2.41. The minimum absolute atomic E-state index is 0.0235. The normalized spacial score (nSPS) is 17.7. The van der Waals surface area contributed by atoms with E-state index in [2.05, 4.69) is 63.2 Å².